The zero-order valence-electron chi connectivity index (χ0n) is 16.8. The molecular formula is C23H28N2O3. The lowest BCUT2D eigenvalue weighted by Gasteiger charge is -2.44. The highest BCUT2D eigenvalue weighted by atomic mass is 16.6. The Balaban J connectivity index is 1.58. The summed E-state index contributed by atoms with van der Waals surface area (Å²) in [5.41, 5.74) is 2.91. The number of aromatic nitrogens is 1. The van der Waals surface area contributed by atoms with Gasteiger partial charge in [0, 0.05) is 18.8 Å². The lowest BCUT2D eigenvalue weighted by Crippen LogP contribution is -2.53. The molecule has 1 fully saturated rings. The third-order valence-corrected chi connectivity index (χ3v) is 5.22. The van der Waals surface area contributed by atoms with Crippen LogP contribution in [0.5, 0.6) is 0 Å². The van der Waals surface area contributed by atoms with Crippen molar-refractivity contribution in [1.82, 2.24) is 9.47 Å². The number of hydrogen-bond donors (Lipinski definition) is 0. The fourth-order valence-corrected chi connectivity index (χ4v) is 4.00. The van der Waals surface area contributed by atoms with Crippen molar-refractivity contribution in [2.24, 2.45) is 0 Å². The van der Waals surface area contributed by atoms with E-state index in [2.05, 4.69) is 35.2 Å². The molecule has 1 saturated heterocycles. The summed E-state index contributed by atoms with van der Waals surface area (Å²) in [5, 5.41) is 0. The molecular weight excluding hydrogens is 352 g/mol. The average molecular weight is 380 g/mol. The van der Waals surface area contributed by atoms with Crippen LogP contribution in [0.25, 0.3) is 5.57 Å². The molecule has 0 N–H and O–H groups in total. The normalized spacial score (nSPS) is 22.6. The Labute approximate surface area is 166 Å². The van der Waals surface area contributed by atoms with E-state index < -0.39 is 5.60 Å². The summed E-state index contributed by atoms with van der Waals surface area (Å²) < 4.78 is 13.0. The van der Waals surface area contributed by atoms with Crippen LogP contribution in [0.1, 0.15) is 38.4 Å². The second kappa shape index (κ2) is 7.57. The minimum absolute atomic E-state index is 0.213. The number of rotatable bonds is 3. The van der Waals surface area contributed by atoms with Crippen molar-refractivity contribution >= 4 is 11.7 Å². The van der Waals surface area contributed by atoms with Gasteiger partial charge in [0.15, 0.2) is 0 Å². The topological polar surface area (TPSA) is 43.7 Å². The molecule has 1 aromatic carbocycles. The minimum Gasteiger partial charge on any atom is -0.443 e. The molecule has 0 spiro atoms. The molecule has 2 atom stereocenters. The standard InChI is InChI=1S/C23H28N2O3/c1-23(2,3)28-22(26)24-11-7-10-21(24)18-12-19-15-27-16-20(13-18)25(19)14-17-8-5-4-6-9-17/h4-12,19-20H,13-16H2,1-3H3. The molecule has 0 radical (unpaired) electrons. The van der Waals surface area contributed by atoms with Crippen molar-refractivity contribution < 1.29 is 14.3 Å². The van der Waals surface area contributed by atoms with E-state index in [0.29, 0.717) is 19.3 Å². The lowest BCUT2D eigenvalue weighted by atomic mass is 9.91. The fraction of sp³-hybridized carbons (Fsp3) is 0.435. The molecule has 0 aliphatic carbocycles. The van der Waals surface area contributed by atoms with E-state index in [0.717, 1.165) is 18.7 Å². The molecule has 4 rings (SSSR count). The van der Waals surface area contributed by atoms with Crippen LogP contribution >= 0.6 is 0 Å². The highest BCUT2D eigenvalue weighted by molar-refractivity contribution is 5.78. The number of ether oxygens (including phenoxy) is 2. The van der Waals surface area contributed by atoms with Crippen molar-refractivity contribution in [2.45, 2.75) is 51.4 Å². The van der Waals surface area contributed by atoms with Crippen LogP contribution in [-0.2, 0) is 16.0 Å². The monoisotopic (exact) mass is 380 g/mol. The second-order valence-electron chi connectivity index (χ2n) is 8.56. The van der Waals surface area contributed by atoms with Gasteiger partial charge in [-0.15, -0.1) is 0 Å². The van der Waals surface area contributed by atoms with Crippen molar-refractivity contribution in [3.63, 3.8) is 0 Å². The Morgan fingerprint density at radius 3 is 2.64 bits per heavy atom. The summed E-state index contributed by atoms with van der Waals surface area (Å²) in [4.78, 5) is 15.1. The number of carbonyl (C=O) groups is 1. The predicted octanol–water partition coefficient (Wildman–Crippen LogP) is 4.33. The highest BCUT2D eigenvalue weighted by Gasteiger charge is 2.36. The maximum Gasteiger partial charge on any atom is 0.418 e. The third kappa shape index (κ3) is 4.05. The molecule has 2 aliphatic heterocycles. The van der Waals surface area contributed by atoms with E-state index in [1.165, 1.54) is 11.1 Å². The zero-order chi connectivity index (χ0) is 19.7. The van der Waals surface area contributed by atoms with E-state index in [1.807, 2.05) is 39.0 Å². The van der Waals surface area contributed by atoms with Gasteiger partial charge >= 0.3 is 6.09 Å². The summed E-state index contributed by atoms with van der Waals surface area (Å²) in [6.07, 6.45) is 4.57. The van der Waals surface area contributed by atoms with Gasteiger partial charge in [-0.05, 0) is 50.5 Å². The fourth-order valence-electron chi connectivity index (χ4n) is 4.00. The quantitative estimate of drug-likeness (QED) is 0.795. The summed E-state index contributed by atoms with van der Waals surface area (Å²) in [5.74, 6) is 0. The van der Waals surface area contributed by atoms with Crippen LogP contribution < -0.4 is 0 Å². The van der Waals surface area contributed by atoms with Crippen LogP contribution in [0.15, 0.2) is 54.7 Å². The molecule has 0 amide bonds. The van der Waals surface area contributed by atoms with Crippen LogP contribution in [0.3, 0.4) is 0 Å². The molecule has 3 heterocycles. The molecule has 2 aliphatic rings. The van der Waals surface area contributed by atoms with Gasteiger partial charge in [0.2, 0.25) is 0 Å². The van der Waals surface area contributed by atoms with E-state index in [9.17, 15) is 4.79 Å². The molecule has 1 aromatic heterocycles. The van der Waals surface area contributed by atoms with E-state index in [4.69, 9.17) is 9.47 Å². The van der Waals surface area contributed by atoms with Crippen molar-refractivity contribution in [2.75, 3.05) is 13.2 Å². The molecule has 148 valence electrons. The smallest absolute Gasteiger partial charge is 0.418 e. The molecule has 5 nitrogen and oxygen atoms in total. The zero-order valence-corrected chi connectivity index (χ0v) is 16.8. The maximum atomic E-state index is 12.6. The number of benzene rings is 1. The SMILES string of the molecule is CC(C)(C)OC(=O)n1cccc1C1=CC2COCC(C1)N2Cc1ccccc1. The summed E-state index contributed by atoms with van der Waals surface area (Å²) in [6, 6.07) is 15.0. The third-order valence-electron chi connectivity index (χ3n) is 5.22. The predicted molar refractivity (Wildman–Crippen MR) is 109 cm³/mol. The molecule has 5 heteroatoms. The first-order valence-corrected chi connectivity index (χ1v) is 9.90. The van der Waals surface area contributed by atoms with Crippen LogP contribution in [0.2, 0.25) is 0 Å². The first kappa shape index (κ1) is 19.0. The summed E-state index contributed by atoms with van der Waals surface area (Å²) in [6.45, 7) is 7.97. The van der Waals surface area contributed by atoms with Crippen LogP contribution in [0.4, 0.5) is 4.79 Å². The van der Waals surface area contributed by atoms with Gasteiger partial charge in [0.25, 0.3) is 0 Å². The van der Waals surface area contributed by atoms with E-state index in [-0.39, 0.29) is 12.1 Å². The molecule has 2 unspecified atom stereocenters. The molecule has 2 bridgehead atoms. The Morgan fingerprint density at radius 2 is 1.93 bits per heavy atom. The van der Waals surface area contributed by atoms with E-state index in [1.54, 1.807) is 10.8 Å². The largest absolute Gasteiger partial charge is 0.443 e. The van der Waals surface area contributed by atoms with Crippen molar-refractivity contribution in [1.29, 1.82) is 0 Å². The molecule has 2 aromatic rings. The van der Waals surface area contributed by atoms with E-state index >= 15 is 0 Å². The first-order valence-electron chi connectivity index (χ1n) is 9.90. The van der Waals surface area contributed by atoms with Gasteiger partial charge in [0.05, 0.1) is 24.9 Å². The Kier molecular flexibility index (Phi) is 5.13. The van der Waals surface area contributed by atoms with Gasteiger partial charge in [0.1, 0.15) is 5.60 Å². The Bertz CT molecular complexity index is 863. The Morgan fingerprint density at radius 1 is 1.14 bits per heavy atom. The number of morpholine rings is 1. The number of nitrogens with zero attached hydrogens (tertiary/aromatic N) is 2. The number of carbonyl (C=O) groups excluding carboxylic acids is 1. The van der Waals surface area contributed by atoms with Crippen LogP contribution in [0, 0.1) is 0 Å². The summed E-state index contributed by atoms with van der Waals surface area (Å²) in [7, 11) is 0. The highest BCUT2D eigenvalue weighted by Crippen LogP contribution is 2.34. The molecule has 28 heavy (non-hydrogen) atoms. The van der Waals surface area contributed by atoms with Crippen LogP contribution in [-0.4, -0.2) is 46.5 Å². The van der Waals surface area contributed by atoms with Crippen molar-refractivity contribution in [3.05, 3.63) is 66.0 Å². The first-order chi connectivity index (χ1) is 13.4. The summed E-state index contributed by atoms with van der Waals surface area (Å²) >= 11 is 0. The second-order valence-corrected chi connectivity index (χ2v) is 8.56. The Hall–Kier alpha value is -2.37. The van der Waals surface area contributed by atoms with Crippen molar-refractivity contribution in [3.8, 4) is 0 Å². The van der Waals surface area contributed by atoms with Gasteiger partial charge in [-0.1, -0.05) is 36.4 Å². The minimum atomic E-state index is -0.517. The molecule has 0 saturated carbocycles. The van der Waals surface area contributed by atoms with Gasteiger partial charge in [-0.3, -0.25) is 9.47 Å². The average Bonchev–Trinajstić information content (AvgIpc) is 3.11. The number of fused-ring (bicyclic) bond motifs is 2. The van der Waals surface area contributed by atoms with Gasteiger partial charge < -0.3 is 9.47 Å². The lowest BCUT2D eigenvalue weighted by molar-refractivity contribution is -0.0403. The van der Waals surface area contributed by atoms with Gasteiger partial charge in [-0.25, -0.2) is 4.79 Å². The maximum absolute atomic E-state index is 12.6. The van der Waals surface area contributed by atoms with Gasteiger partial charge in [-0.2, -0.15) is 0 Å². The number of hydrogen-bond acceptors (Lipinski definition) is 4.